The maximum Gasteiger partial charge on any atom is 0.388 e. The molecule has 6 rings (SSSR count). The molecule has 3 fully saturated rings. The molecule has 1 aromatic carbocycles. The number of hydrogen-bond donors (Lipinski definition) is 2. The van der Waals surface area contributed by atoms with E-state index in [4.69, 9.17) is 9.47 Å². The van der Waals surface area contributed by atoms with E-state index < -0.39 is 6.04 Å². The molecule has 2 aliphatic carbocycles. The number of aliphatic hydroxyl groups is 1. The summed E-state index contributed by atoms with van der Waals surface area (Å²) in [6, 6.07) is 5.72. The number of carbonyl (C=O) groups is 2. The Morgan fingerprint density at radius 3 is 2.76 bits per heavy atom. The molecule has 5 atom stereocenters. The third-order valence-corrected chi connectivity index (χ3v) is 8.28. The second kappa shape index (κ2) is 8.09. The van der Waals surface area contributed by atoms with Gasteiger partial charge >= 0.3 is 11.8 Å². The lowest BCUT2D eigenvalue weighted by Crippen LogP contribution is -2.82. The van der Waals surface area contributed by atoms with Gasteiger partial charge in [0.05, 0.1) is 12.5 Å². The summed E-state index contributed by atoms with van der Waals surface area (Å²) in [6.45, 7) is 5.22. The van der Waals surface area contributed by atoms with E-state index in [0.29, 0.717) is 48.9 Å². The van der Waals surface area contributed by atoms with E-state index in [1.807, 2.05) is 18.2 Å². The minimum absolute atomic E-state index is 0.107. The van der Waals surface area contributed by atoms with Crippen molar-refractivity contribution in [3.05, 3.63) is 29.3 Å². The lowest BCUT2D eigenvalue weighted by molar-refractivity contribution is -0.394. The molecule has 1 aromatic rings. The number of amides is 2. The Bertz CT molecular complexity index is 1000. The molecule has 33 heavy (non-hydrogen) atoms. The van der Waals surface area contributed by atoms with Gasteiger partial charge < -0.3 is 19.5 Å². The zero-order chi connectivity index (χ0) is 22.7. The Hall–Kier alpha value is -2.45. The van der Waals surface area contributed by atoms with Gasteiger partial charge in [-0.15, -0.1) is 4.99 Å². The number of carbonyl (C=O) groups excluding carboxylic acids is 2. The Morgan fingerprint density at radius 1 is 1.15 bits per heavy atom. The van der Waals surface area contributed by atoms with Crippen molar-refractivity contribution >= 4 is 17.7 Å². The third kappa shape index (κ3) is 3.54. The molecule has 176 valence electrons. The second-order valence-electron chi connectivity index (χ2n) is 10.2. The van der Waals surface area contributed by atoms with Crippen LogP contribution in [0.4, 0.5) is 0 Å². The van der Waals surface area contributed by atoms with Crippen LogP contribution in [0.3, 0.4) is 0 Å². The van der Waals surface area contributed by atoms with Crippen molar-refractivity contribution in [2.75, 3.05) is 19.7 Å². The van der Waals surface area contributed by atoms with Crippen LogP contribution in [0.1, 0.15) is 54.9 Å². The van der Waals surface area contributed by atoms with E-state index in [1.165, 1.54) is 19.3 Å². The maximum atomic E-state index is 13.0. The van der Waals surface area contributed by atoms with Crippen LogP contribution in [0.5, 0.6) is 5.75 Å². The zero-order valence-corrected chi connectivity index (χ0v) is 19.0. The van der Waals surface area contributed by atoms with Crippen LogP contribution >= 0.6 is 0 Å². The van der Waals surface area contributed by atoms with E-state index >= 15 is 0 Å². The molecular weight excluding hydrogens is 422 g/mol. The first kappa shape index (κ1) is 21.1. The highest BCUT2D eigenvalue weighted by Gasteiger charge is 2.53. The molecule has 2 N–H and O–H groups in total. The van der Waals surface area contributed by atoms with Gasteiger partial charge in [0.1, 0.15) is 11.9 Å². The van der Waals surface area contributed by atoms with Gasteiger partial charge in [0, 0.05) is 37.8 Å². The normalized spacial score (nSPS) is 33.9. The average Bonchev–Trinajstić information content (AvgIpc) is 3.45. The Morgan fingerprint density at radius 2 is 1.97 bits per heavy atom. The molecule has 2 saturated carbocycles. The highest BCUT2D eigenvalue weighted by molar-refractivity contribution is 6.01. The number of aliphatic hydroxyl groups excluding tert-OH is 1. The summed E-state index contributed by atoms with van der Waals surface area (Å²) in [5, 5.41) is 10.2. The van der Waals surface area contributed by atoms with Gasteiger partial charge in [0.25, 0.3) is 5.91 Å². The summed E-state index contributed by atoms with van der Waals surface area (Å²) >= 11 is 0. The van der Waals surface area contributed by atoms with Crippen LogP contribution < -0.4 is 9.73 Å². The number of ether oxygens (including phenoxy) is 2. The second-order valence-corrected chi connectivity index (χ2v) is 10.2. The molecular formula is C25H32N3O5+. The van der Waals surface area contributed by atoms with Crippen molar-refractivity contribution in [3.63, 3.8) is 0 Å². The first-order valence-corrected chi connectivity index (χ1v) is 12.3. The molecule has 2 amide bonds. The summed E-state index contributed by atoms with van der Waals surface area (Å²) in [5.74, 6) is 1.67. The van der Waals surface area contributed by atoms with Crippen molar-refractivity contribution < 1.29 is 29.2 Å². The van der Waals surface area contributed by atoms with E-state index in [2.05, 4.69) is 16.8 Å². The van der Waals surface area contributed by atoms with E-state index in [1.54, 1.807) is 4.90 Å². The molecule has 8 nitrogen and oxygen atoms in total. The number of likely N-dealkylation sites (tertiary alicyclic amines) is 1. The molecule has 3 heterocycles. The van der Waals surface area contributed by atoms with Gasteiger partial charge in [-0.1, -0.05) is 0 Å². The minimum Gasteiger partial charge on any atom is -0.488 e. The molecule has 3 aliphatic heterocycles. The molecule has 0 aromatic heterocycles. The molecule has 0 radical (unpaired) electrons. The Kier molecular flexibility index (Phi) is 5.18. The summed E-state index contributed by atoms with van der Waals surface area (Å²) in [7, 11) is 0. The van der Waals surface area contributed by atoms with Gasteiger partial charge in [0.2, 0.25) is 0 Å². The smallest absolute Gasteiger partial charge is 0.388 e. The quantitative estimate of drug-likeness (QED) is 0.655. The highest BCUT2D eigenvalue weighted by Crippen LogP contribution is 2.49. The molecule has 1 saturated heterocycles. The lowest BCUT2D eigenvalue weighted by Gasteiger charge is -2.47. The van der Waals surface area contributed by atoms with Crippen LogP contribution in [0.15, 0.2) is 18.2 Å². The van der Waals surface area contributed by atoms with Crippen LogP contribution in [-0.4, -0.2) is 76.6 Å². The predicted molar refractivity (Wildman–Crippen MR) is 119 cm³/mol. The number of hydrogen-bond acceptors (Lipinski definition) is 5. The fourth-order valence-electron chi connectivity index (χ4n) is 6.73. The fourth-order valence-corrected chi connectivity index (χ4v) is 6.73. The van der Waals surface area contributed by atoms with Crippen molar-refractivity contribution in [2.45, 2.75) is 69.9 Å². The Labute approximate surface area is 193 Å². The lowest BCUT2D eigenvalue weighted by atomic mass is 9.89. The average molecular weight is 455 g/mol. The van der Waals surface area contributed by atoms with Crippen LogP contribution in [0.25, 0.3) is 0 Å². The van der Waals surface area contributed by atoms with Crippen LogP contribution in [-0.2, 0) is 16.1 Å². The monoisotopic (exact) mass is 454 g/mol. The topological polar surface area (TPSA) is 93.3 Å². The molecule has 8 heteroatoms. The first-order valence-electron chi connectivity index (χ1n) is 12.3. The molecule has 2 bridgehead atoms. The van der Waals surface area contributed by atoms with Gasteiger partial charge in [-0.25, -0.2) is 4.79 Å². The molecule has 5 aliphatic rings. The summed E-state index contributed by atoms with van der Waals surface area (Å²) < 4.78 is 12.4. The Balaban J connectivity index is 1.17. The zero-order valence-electron chi connectivity index (χ0n) is 19.0. The van der Waals surface area contributed by atoms with Gasteiger partial charge in [-0.05, 0) is 68.2 Å². The SMILES string of the molecule is CCOC1CN([C@H]2[C@@H]3CC[C@@H](C3)[C@@H]2Oc2ccc3c(c2)CN(C2CCC(=O)[NH+]=C2O)C3=O)C1. The summed E-state index contributed by atoms with van der Waals surface area (Å²) in [4.78, 5) is 31.2. The summed E-state index contributed by atoms with van der Waals surface area (Å²) in [6.07, 6.45) is 5.03. The van der Waals surface area contributed by atoms with Crippen LogP contribution in [0, 0.1) is 11.8 Å². The van der Waals surface area contributed by atoms with Crippen molar-refractivity contribution in [3.8, 4) is 5.75 Å². The maximum absolute atomic E-state index is 13.0. The largest absolute Gasteiger partial charge is 0.488 e. The number of nitrogens with one attached hydrogen (secondary N) is 1. The minimum atomic E-state index is -0.480. The molecule has 0 spiro atoms. The van der Waals surface area contributed by atoms with Crippen molar-refractivity contribution in [1.82, 2.24) is 9.80 Å². The molecule has 1 unspecified atom stereocenters. The first-order chi connectivity index (χ1) is 16.0. The van der Waals surface area contributed by atoms with Crippen LogP contribution in [0.2, 0.25) is 0 Å². The number of fused-ring (bicyclic) bond motifs is 3. The number of benzene rings is 1. The summed E-state index contributed by atoms with van der Waals surface area (Å²) in [5.41, 5.74) is 1.57. The number of nitrogens with zero attached hydrogens (tertiary/aromatic N) is 2. The van der Waals surface area contributed by atoms with Crippen molar-refractivity contribution in [2.24, 2.45) is 11.8 Å². The van der Waals surface area contributed by atoms with E-state index in [-0.39, 0.29) is 23.8 Å². The van der Waals surface area contributed by atoms with E-state index in [0.717, 1.165) is 31.0 Å². The fraction of sp³-hybridized carbons (Fsp3) is 0.640. The predicted octanol–water partition coefficient (Wildman–Crippen LogP) is 0.635. The van der Waals surface area contributed by atoms with E-state index in [9.17, 15) is 14.7 Å². The van der Waals surface area contributed by atoms with Gasteiger partial charge in [0.15, 0.2) is 6.04 Å². The third-order valence-electron chi connectivity index (χ3n) is 8.28. The number of rotatable bonds is 6. The highest BCUT2D eigenvalue weighted by atomic mass is 16.5. The van der Waals surface area contributed by atoms with Gasteiger partial charge in [-0.2, -0.15) is 0 Å². The van der Waals surface area contributed by atoms with Gasteiger partial charge in [-0.3, -0.25) is 9.69 Å². The van der Waals surface area contributed by atoms with Crippen molar-refractivity contribution in [1.29, 1.82) is 0 Å². The standard InChI is InChI=1S/C25H31N3O5/c1-2-32-18-12-27(13-18)22-14-3-4-15(9-14)23(22)33-17-5-6-19-16(10-17)11-28(25(19)31)20-7-8-21(29)26-24(20)30/h5-6,10,14-15,18,20,22-23H,2-4,7-9,11-13H2,1H3,(H,26,29,30)/p+1/t14-,15+,20?,22+,23+/m1/s1.